The van der Waals surface area contributed by atoms with Crippen molar-refractivity contribution in [2.24, 2.45) is 5.92 Å². The van der Waals surface area contributed by atoms with Crippen LogP contribution in [0.2, 0.25) is 0 Å². The molecule has 3 heterocycles. The van der Waals surface area contributed by atoms with E-state index in [0.717, 1.165) is 47.7 Å². The van der Waals surface area contributed by atoms with Gasteiger partial charge < -0.3 is 4.90 Å². The number of aryl methyl sites for hydroxylation is 4. The van der Waals surface area contributed by atoms with Crippen LogP contribution in [0.25, 0.3) is 16.7 Å². The number of rotatable bonds is 2. The second-order valence-corrected chi connectivity index (χ2v) is 8.97. The first-order chi connectivity index (χ1) is 13.3. The molecular formula is C23H27BrN4. The maximum absolute atomic E-state index is 6.13. The van der Waals surface area contributed by atoms with Crippen molar-refractivity contribution in [2.45, 2.75) is 47.5 Å². The molecule has 28 heavy (non-hydrogen) atoms. The normalized spacial score (nSPS) is 15.6. The fraction of sp³-hybridized carbons (Fsp3) is 0.435. The fourth-order valence-corrected chi connectivity index (χ4v) is 5.10. The van der Waals surface area contributed by atoms with Gasteiger partial charge in [0, 0.05) is 23.3 Å². The Morgan fingerprint density at radius 1 is 1.00 bits per heavy atom. The number of anilines is 1. The SMILES string of the molecule is [CH]C1CCN(c2nc(C)nc3c2c(C)c(C)n3-c2c(C)cc(Br)cc2C)CC1. The number of aromatic nitrogens is 3. The van der Waals surface area contributed by atoms with Gasteiger partial charge in [-0.25, -0.2) is 9.97 Å². The molecule has 0 atom stereocenters. The van der Waals surface area contributed by atoms with Crippen LogP contribution in [0.4, 0.5) is 5.82 Å². The summed E-state index contributed by atoms with van der Waals surface area (Å²) in [6.07, 6.45) is 2.02. The average Bonchev–Trinajstić information content (AvgIpc) is 2.86. The summed E-state index contributed by atoms with van der Waals surface area (Å²) in [7, 11) is 0. The third-order valence-electron chi connectivity index (χ3n) is 5.97. The van der Waals surface area contributed by atoms with Gasteiger partial charge in [0.15, 0.2) is 5.65 Å². The Labute approximate surface area is 176 Å². The number of hydrogen-bond donors (Lipinski definition) is 0. The number of nitrogens with zero attached hydrogens (tertiary/aromatic N) is 4. The molecule has 0 aliphatic carbocycles. The molecule has 0 bridgehead atoms. The highest BCUT2D eigenvalue weighted by Gasteiger charge is 2.25. The zero-order valence-electron chi connectivity index (χ0n) is 17.3. The van der Waals surface area contributed by atoms with Crippen LogP contribution in [0.15, 0.2) is 16.6 Å². The van der Waals surface area contributed by atoms with Crippen LogP contribution in [0.3, 0.4) is 0 Å². The van der Waals surface area contributed by atoms with Crippen LogP contribution in [0.1, 0.15) is 41.1 Å². The van der Waals surface area contributed by atoms with Gasteiger partial charge in [-0.2, -0.15) is 0 Å². The summed E-state index contributed by atoms with van der Waals surface area (Å²) in [5, 5.41) is 1.17. The predicted octanol–water partition coefficient (Wildman–Crippen LogP) is 5.65. The van der Waals surface area contributed by atoms with Gasteiger partial charge in [0.2, 0.25) is 0 Å². The van der Waals surface area contributed by atoms with E-state index in [1.165, 1.54) is 33.5 Å². The van der Waals surface area contributed by atoms with Crippen molar-refractivity contribution >= 4 is 32.8 Å². The minimum Gasteiger partial charge on any atom is -0.356 e. The number of piperidine rings is 1. The fourth-order valence-electron chi connectivity index (χ4n) is 4.42. The number of fused-ring (bicyclic) bond motifs is 1. The molecule has 1 aromatic carbocycles. The van der Waals surface area contributed by atoms with Crippen LogP contribution in [0.5, 0.6) is 0 Å². The molecular weight excluding hydrogens is 412 g/mol. The Morgan fingerprint density at radius 2 is 1.61 bits per heavy atom. The molecule has 2 aromatic heterocycles. The van der Waals surface area contributed by atoms with Crippen molar-refractivity contribution in [3.05, 3.63) is 51.7 Å². The Kier molecular flexibility index (Phi) is 4.98. The van der Waals surface area contributed by atoms with E-state index in [-0.39, 0.29) is 0 Å². The van der Waals surface area contributed by atoms with Crippen LogP contribution < -0.4 is 4.90 Å². The van der Waals surface area contributed by atoms with Gasteiger partial charge >= 0.3 is 0 Å². The largest absolute Gasteiger partial charge is 0.356 e. The van der Waals surface area contributed by atoms with Gasteiger partial charge in [-0.1, -0.05) is 15.9 Å². The van der Waals surface area contributed by atoms with Gasteiger partial charge in [0.05, 0.1) is 11.1 Å². The van der Waals surface area contributed by atoms with Crippen molar-refractivity contribution in [1.29, 1.82) is 0 Å². The summed E-state index contributed by atoms with van der Waals surface area (Å²) in [5.41, 5.74) is 7.15. The predicted molar refractivity (Wildman–Crippen MR) is 119 cm³/mol. The summed E-state index contributed by atoms with van der Waals surface area (Å²) in [6.45, 7) is 18.7. The summed E-state index contributed by atoms with van der Waals surface area (Å²) in [6, 6.07) is 4.34. The van der Waals surface area contributed by atoms with E-state index in [1.807, 2.05) is 6.92 Å². The van der Waals surface area contributed by atoms with Crippen molar-refractivity contribution < 1.29 is 0 Å². The van der Waals surface area contributed by atoms with Crippen LogP contribution in [-0.4, -0.2) is 27.6 Å². The zero-order valence-corrected chi connectivity index (χ0v) is 18.9. The highest BCUT2D eigenvalue weighted by molar-refractivity contribution is 9.10. The molecule has 0 amide bonds. The van der Waals surface area contributed by atoms with Gasteiger partial charge in [-0.05, 0) is 89.1 Å². The molecule has 0 unspecified atom stereocenters. The van der Waals surface area contributed by atoms with Gasteiger partial charge in [-0.15, -0.1) is 0 Å². The molecule has 5 heteroatoms. The van der Waals surface area contributed by atoms with Crippen LogP contribution >= 0.6 is 15.9 Å². The molecule has 1 saturated heterocycles. The summed E-state index contributed by atoms with van der Waals surface area (Å²) in [5.74, 6) is 2.17. The first-order valence-corrected chi connectivity index (χ1v) is 10.7. The van der Waals surface area contributed by atoms with E-state index in [1.54, 1.807) is 0 Å². The lowest BCUT2D eigenvalue weighted by Gasteiger charge is -2.31. The Bertz CT molecular complexity index is 1040. The molecule has 0 N–H and O–H groups in total. The lowest BCUT2D eigenvalue weighted by atomic mass is 9.99. The molecule has 0 saturated carbocycles. The lowest BCUT2D eigenvalue weighted by molar-refractivity contribution is 0.474. The highest BCUT2D eigenvalue weighted by Crippen LogP contribution is 2.37. The molecule has 2 radical (unpaired) electrons. The second-order valence-electron chi connectivity index (χ2n) is 8.05. The minimum absolute atomic E-state index is 0.301. The maximum Gasteiger partial charge on any atom is 0.150 e. The summed E-state index contributed by atoms with van der Waals surface area (Å²) < 4.78 is 3.42. The third kappa shape index (κ3) is 3.14. The first kappa shape index (κ1) is 19.4. The lowest BCUT2D eigenvalue weighted by Crippen LogP contribution is -2.33. The number of hydrogen-bond acceptors (Lipinski definition) is 3. The molecule has 4 nitrogen and oxygen atoms in total. The van der Waals surface area contributed by atoms with E-state index in [0.29, 0.717) is 5.92 Å². The van der Waals surface area contributed by atoms with Gasteiger partial charge in [0.25, 0.3) is 0 Å². The smallest absolute Gasteiger partial charge is 0.150 e. The third-order valence-corrected chi connectivity index (χ3v) is 6.42. The average molecular weight is 439 g/mol. The molecule has 1 aliphatic rings. The van der Waals surface area contributed by atoms with E-state index < -0.39 is 0 Å². The Balaban J connectivity index is 1.99. The molecule has 1 aliphatic heterocycles. The van der Waals surface area contributed by atoms with Crippen LogP contribution in [-0.2, 0) is 0 Å². The van der Waals surface area contributed by atoms with E-state index in [9.17, 15) is 0 Å². The Hall–Kier alpha value is -1.88. The zero-order chi connectivity index (χ0) is 20.2. The molecule has 4 rings (SSSR count). The van der Waals surface area contributed by atoms with E-state index in [2.05, 4.69) is 65.2 Å². The van der Waals surface area contributed by atoms with Gasteiger partial charge in [-0.3, -0.25) is 4.57 Å². The van der Waals surface area contributed by atoms with Crippen molar-refractivity contribution in [1.82, 2.24) is 14.5 Å². The molecule has 3 aromatic rings. The molecule has 146 valence electrons. The molecule has 1 fully saturated rings. The maximum atomic E-state index is 6.13. The minimum atomic E-state index is 0.301. The second kappa shape index (κ2) is 7.18. The standard InChI is InChI=1S/C23H27BrN4/c1-13-7-9-27(10-8-13)22-20-16(4)17(5)28(23(20)26-18(6)25-22)21-14(2)11-19(24)12-15(21)3/h1,11-13H,7-10H2,2-6H3. The quantitative estimate of drug-likeness (QED) is 0.517. The highest BCUT2D eigenvalue weighted by atomic mass is 79.9. The topological polar surface area (TPSA) is 34.0 Å². The van der Waals surface area contributed by atoms with Crippen LogP contribution in [0, 0.1) is 47.5 Å². The number of halogens is 1. The van der Waals surface area contributed by atoms with Crippen molar-refractivity contribution in [3.63, 3.8) is 0 Å². The van der Waals surface area contributed by atoms with Crippen molar-refractivity contribution in [2.75, 3.05) is 18.0 Å². The summed E-state index contributed by atoms with van der Waals surface area (Å²) in [4.78, 5) is 12.2. The van der Waals surface area contributed by atoms with E-state index >= 15 is 0 Å². The van der Waals surface area contributed by atoms with Gasteiger partial charge in [0.1, 0.15) is 11.6 Å². The first-order valence-electron chi connectivity index (χ1n) is 9.91. The molecule has 0 spiro atoms. The Morgan fingerprint density at radius 3 is 2.21 bits per heavy atom. The number of benzene rings is 1. The van der Waals surface area contributed by atoms with E-state index in [4.69, 9.17) is 16.9 Å². The van der Waals surface area contributed by atoms with Crippen molar-refractivity contribution in [3.8, 4) is 5.69 Å². The summed E-state index contributed by atoms with van der Waals surface area (Å²) >= 11 is 3.62. The monoisotopic (exact) mass is 438 g/mol.